The number of hydrogen-bond acceptors (Lipinski definition) is 3. The van der Waals surface area contributed by atoms with E-state index in [9.17, 15) is 9.00 Å². The van der Waals surface area contributed by atoms with Crippen molar-refractivity contribution in [1.29, 1.82) is 0 Å². The van der Waals surface area contributed by atoms with Crippen LogP contribution in [0.4, 0.5) is 0 Å². The molecule has 1 aliphatic heterocycles. The fourth-order valence-electron chi connectivity index (χ4n) is 1.21. The van der Waals surface area contributed by atoms with Gasteiger partial charge in [-0.3, -0.25) is 9.63 Å². The van der Waals surface area contributed by atoms with Gasteiger partial charge in [-0.05, 0) is 12.1 Å². The fourth-order valence-corrected chi connectivity index (χ4v) is 2.31. The number of benzene rings is 1. The molecular formula is C8H7NO3S. The molecule has 0 saturated heterocycles. The molecule has 1 aromatic carbocycles. The van der Waals surface area contributed by atoms with Crippen LogP contribution in [0.1, 0.15) is 10.4 Å². The SMILES string of the molecule is CON1C(=O)c2ccccc2S1=O. The molecule has 4 nitrogen and oxygen atoms in total. The predicted octanol–water partition coefficient (Wildman–Crippen LogP) is 0.726. The van der Waals surface area contributed by atoms with Crippen molar-refractivity contribution in [3.8, 4) is 0 Å². The molecular weight excluding hydrogens is 190 g/mol. The van der Waals surface area contributed by atoms with Crippen LogP contribution in [0.5, 0.6) is 0 Å². The highest BCUT2D eigenvalue weighted by Crippen LogP contribution is 2.25. The molecule has 0 N–H and O–H groups in total. The normalized spacial score (nSPS) is 20.5. The lowest BCUT2D eigenvalue weighted by Gasteiger charge is -2.08. The molecule has 1 amide bonds. The van der Waals surface area contributed by atoms with Crippen molar-refractivity contribution in [2.75, 3.05) is 7.11 Å². The minimum atomic E-state index is -1.50. The van der Waals surface area contributed by atoms with Crippen LogP contribution in [-0.4, -0.2) is 21.7 Å². The van der Waals surface area contributed by atoms with E-state index in [0.717, 1.165) is 4.47 Å². The second-order valence-electron chi connectivity index (χ2n) is 2.49. The van der Waals surface area contributed by atoms with E-state index in [1.165, 1.54) is 7.11 Å². The Kier molecular flexibility index (Phi) is 1.90. The van der Waals surface area contributed by atoms with Gasteiger partial charge in [-0.15, -0.1) is 4.47 Å². The number of fused-ring (bicyclic) bond motifs is 1. The quantitative estimate of drug-likeness (QED) is 0.666. The Morgan fingerprint density at radius 1 is 1.38 bits per heavy atom. The topological polar surface area (TPSA) is 46.6 Å². The Hall–Kier alpha value is -1.20. The molecule has 1 aliphatic rings. The van der Waals surface area contributed by atoms with E-state index in [4.69, 9.17) is 4.84 Å². The number of hydroxylamine groups is 1. The number of carbonyl (C=O) groups excluding carboxylic acids is 1. The highest BCUT2D eigenvalue weighted by atomic mass is 32.2. The Balaban J connectivity index is 2.57. The van der Waals surface area contributed by atoms with Gasteiger partial charge >= 0.3 is 0 Å². The van der Waals surface area contributed by atoms with Crippen LogP contribution in [0.3, 0.4) is 0 Å². The van der Waals surface area contributed by atoms with Gasteiger partial charge < -0.3 is 0 Å². The van der Waals surface area contributed by atoms with Crippen molar-refractivity contribution < 1.29 is 13.8 Å². The number of carbonyl (C=O) groups is 1. The van der Waals surface area contributed by atoms with Crippen molar-refractivity contribution >= 4 is 16.9 Å². The third-order valence-electron chi connectivity index (χ3n) is 1.79. The molecule has 1 heterocycles. The van der Waals surface area contributed by atoms with E-state index < -0.39 is 11.0 Å². The Morgan fingerprint density at radius 3 is 2.69 bits per heavy atom. The molecule has 2 rings (SSSR count). The summed E-state index contributed by atoms with van der Waals surface area (Å²) in [6.45, 7) is 0. The van der Waals surface area contributed by atoms with Gasteiger partial charge in [-0.2, -0.15) is 0 Å². The Bertz CT molecular complexity index is 356. The van der Waals surface area contributed by atoms with Crippen LogP contribution in [0.2, 0.25) is 0 Å². The number of rotatable bonds is 1. The summed E-state index contributed by atoms with van der Waals surface area (Å²) in [6.07, 6.45) is 0. The second kappa shape index (κ2) is 2.93. The van der Waals surface area contributed by atoms with Crippen molar-refractivity contribution in [1.82, 2.24) is 4.47 Å². The van der Waals surface area contributed by atoms with Gasteiger partial charge in [0, 0.05) is 0 Å². The van der Waals surface area contributed by atoms with E-state index in [1.807, 2.05) is 0 Å². The zero-order valence-corrected chi connectivity index (χ0v) is 7.71. The van der Waals surface area contributed by atoms with Crippen LogP contribution in [-0.2, 0) is 15.8 Å². The summed E-state index contributed by atoms with van der Waals surface area (Å²) in [6, 6.07) is 6.76. The third kappa shape index (κ3) is 1.08. The van der Waals surface area contributed by atoms with Gasteiger partial charge in [0.25, 0.3) is 5.91 Å². The first kappa shape index (κ1) is 8.40. The van der Waals surface area contributed by atoms with E-state index in [2.05, 4.69) is 0 Å². The van der Waals surface area contributed by atoms with Gasteiger partial charge in [0.05, 0.1) is 17.6 Å². The van der Waals surface area contributed by atoms with Gasteiger partial charge in [-0.1, -0.05) is 12.1 Å². The first-order chi connectivity index (χ1) is 6.25. The van der Waals surface area contributed by atoms with Gasteiger partial charge in [-0.25, -0.2) is 4.21 Å². The molecule has 0 fully saturated rings. The molecule has 5 heteroatoms. The van der Waals surface area contributed by atoms with Crippen molar-refractivity contribution in [2.45, 2.75) is 4.90 Å². The summed E-state index contributed by atoms with van der Waals surface area (Å²) < 4.78 is 12.4. The molecule has 0 aromatic heterocycles. The lowest BCUT2D eigenvalue weighted by Crippen LogP contribution is -2.24. The largest absolute Gasteiger partial charge is 0.291 e. The smallest absolute Gasteiger partial charge is 0.266 e. The average Bonchev–Trinajstić information content (AvgIpc) is 2.41. The summed E-state index contributed by atoms with van der Waals surface area (Å²) in [4.78, 5) is 16.7. The first-order valence-electron chi connectivity index (χ1n) is 3.65. The maximum absolute atomic E-state index is 11.5. The molecule has 0 bridgehead atoms. The third-order valence-corrected chi connectivity index (χ3v) is 3.14. The molecule has 13 heavy (non-hydrogen) atoms. The van der Waals surface area contributed by atoms with Crippen molar-refractivity contribution in [2.24, 2.45) is 0 Å². The second-order valence-corrected chi connectivity index (χ2v) is 3.76. The molecule has 0 saturated carbocycles. The van der Waals surface area contributed by atoms with E-state index in [0.29, 0.717) is 10.5 Å². The van der Waals surface area contributed by atoms with Crippen molar-refractivity contribution in [3.63, 3.8) is 0 Å². The monoisotopic (exact) mass is 197 g/mol. The summed E-state index contributed by atoms with van der Waals surface area (Å²) in [5.74, 6) is -0.351. The minimum Gasteiger partial charge on any atom is -0.266 e. The zero-order chi connectivity index (χ0) is 9.42. The van der Waals surface area contributed by atoms with Gasteiger partial charge in [0.1, 0.15) is 0 Å². The van der Waals surface area contributed by atoms with Gasteiger partial charge in [0.2, 0.25) is 0 Å². The number of nitrogens with zero attached hydrogens (tertiary/aromatic N) is 1. The van der Waals surface area contributed by atoms with E-state index >= 15 is 0 Å². The molecule has 0 radical (unpaired) electrons. The molecule has 1 atom stereocenters. The molecule has 0 aliphatic carbocycles. The Morgan fingerprint density at radius 2 is 2.08 bits per heavy atom. The minimum absolute atomic E-state index is 0.351. The van der Waals surface area contributed by atoms with E-state index in [-0.39, 0.29) is 5.91 Å². The Labute approximate surface area is 77.7 Å². The fraction of sp³-hybridized carbons (Fsp3) is 0.125. The number of amides is 1. The molecule has 1 unspecified atom stereocenters. The highest BCUT2D eigenvalue weighted by molar-refractivity contribution is 7.83. The van der Waals surface area contributed by atoms with Crippen LogP contribution in [0, 0.1) is 0 Å². The highest BCUT2D eigenvalue weighted by Gasteiger charge is 2.34. The summed E-state index contributed by atoms with van der Waals surface area (Å²) in [7, 11) is -0.183. The lowest BCUT2D eigenvalue weighted by atomic mass is 10.2. The lowest BCUT2D eigenvalue weighted by molar-refractivity contribution is -0.0218. The zero-order valence-electron chi connectivity index (χ0n) is 6.89. The summed E-state index contributed by atoms with van der Waals surface area (Å²) in [5.41, 5.74) is 0.447. The van der Waals surface area contributed by atoms with E-state index in [1.54, 1.807) is 24.3 Å². The van der Waals surface area contributed by atoms with Crippen molar-refractivity contribution in [3.05, 3.63) is 29.8 Å². The summed E-state index contributed by atoms with van der Waals surface area (Å²) >= 11 is 0. The first-order valence-corrected chi connectivity index (χ1v) is 4.76. The molecule has 68 valence electrons. The van der Waals surface area contributed by atoms with Gasteiger partial charge in [0.15, 0.2) is 11.0 Å². The maximum atomic E-state index is 11.5. The predicted molar refractivity (Wildman–Crippen MR) is 46.0 cm³/mol. The molecule has 1 aromatic rings. The molecule has 0 spiro atoms. The average molecular weight is 197 g/mol. The van der Waals surface area contributed by atoms with Crippen LogP contribution in [0.25, 0.3) is 0 Å². The summed E-state index contributed by atoms with van der Waals surface area (Å²) in [5, 5.41) is 0. The number of hydrogen-bond donors (Lipinski definition) is 0. The van der Waals surface area contributed by atoms with Crippen LogP contribution in [0.15, 0.2) is 29.2 Å². The maximum Gasteiger partial charge on any atom is 0.291 e. The standard InChI is InChI=1S/C8H7NO3S/c1-12-9-8(10)6-4-2-3-5-7(6)13(9)11/h2-5H,1H3. The van der Waals surface area contributed by atoms with Crippen LogP contribution < -0.4 is 0 Å². The van der Waals surface area contributed by atoms with Crippen LogP contribution >= 0.6 is 0 Å².